The van der Waals surface area contributed by atoms with Crippen molar-refractivity contribution in [3.8, 4) is 6.07 Å². The van der Waals surface area contributed by atoms with Crippen molar-refractivity contribution >= 4 is 22.5 Å². The van der Waals surface area contributed by atoms with Crippen molar-refractivity contribution in [2.45, 2.75) is 18.9 Å². The zero-order valence-electron chi connectivity index (χ0n) is 11.3. The van der Waals surface area contributed by atoms with E-state index in [0.717, 1.165) is 28.8 Å². The molecule has 0 bridgehead atoms. The Labute approximate surface area is 127 Å². The predicted molar refractivity (Wildman–Crippen MR) is 82.4 cm³/mol. The first-order valence-electron chi connectivity index (χ1n) is 6.92. The average molecular weight is 294 g/mol. The average Bonchev–Trinajstić information content (AvgIpc) is 3.09. The summed E-state index contributed by atoms with van der Waals surface area (Å²) < 4.78 is 2.07. The third-order valence-corrected chi connectivity index (χ3v) is 4.41. The molecule has 3 nitrogen and oxygen atoms in total. The van der Waals surface area contributed by atoms with Gasteiger partial charge in [-0.15, -0.1) is 0 Å². The zero-order valence-corrected chi connectivity index (χ0v) is 12.0. The lowest BCUT2D eigenvalue weighted by Crippen LogP contribution is -2.08. The molecule has 1 aliphatic rings. The molecule has 21 heavy (non-hydrogen) atoms. The molecule has 1 aromatic heterocycles. The zero-order chi connectivity index (χ0) is 14.4. The summed E-state index contributed by atoms with van der Waals surface area (Å²) in [5.74, 6) is 0. The summed E-state index contributed by atoms with van der Waals surface area (Å²) in [6.07, 6.45) is 3.90. The van der Waals surface area contributed by atoms with E-state index in [-0.39, 0.29) is 6.04 Å². The van der Waals surface area contributed by atoms with E-state index >= 15 is 0 Å². The lowest BCUT2D eigenvalue weighted by Gasteiger charge is -2.14. The minimum absolute atomic E-state index is 0.253. The molecule has 3 aromatic rings. The highest BCUT2D eigenvalue weighted by molar-refractivity contribution is 6.30. The maximum absolute atomic E-state index is 8.98. The Bertz CT molecular complexity index is 889. The second-order valence-electron chi connectivity index (χ2n) is 5.37. The fraction of sp³-hybridized carbons (Fsp3) is 0.176. The standard InChI is InChI=1S/C17H12ClN3/c18-14-3-4-15-12(8-14)2-6-17(15)21-16-5-1-11(9-19)7-13(16)10-20-21/h1,3-5,7-8,10,17H,2,6H2/t17-/m0/s1. The van der Waals surface area contributed by atoms with Crippen LogP contribution in [0.2, 0.25) is 5.02 Å². The van der Waals surface area contributed by atoms with Crippen LogP contribution in [0.3, 0.4) is 0 Å². The molecule has 102 valence electrons. The number of hydrogen-bond donors (Lipinski definition) is 0. The Balaban J connectivity index is 1.84. The van der Waals surface area contributed by atoms with Gasteiger partial charge < -0.3 is 0 Å². The van der Waals surface area contributed by atoms with Gasteiger partial charge in [-0.2, -0.15) is 10.4 Å². The van der Waals surface area contributed by atoms with E-state index in [9.17, 15) is 0 Å². The van der Waals surface area contributed by atoms with Crippen LogP contribution in [0.15, 0.2) is 42.6 Å². The van der Waals surface area contributed by atoms with Crippen molar-refractivity contribution in [1.82, 2.24) is 9.78 Å². The van der Waals surface area contributed by atoms with E-state index in [1.54, 1.807) is 0 Å². The quantitative estimate of drug-likeness (QED) is 0.678. The number of aromatic nitrogens is 2. The molecular weight excluding hydrogens is 282 g/mol. The van der Waals surface area contributed by atoms with Crippen molar-refractivity contribution in [3.05, 3.63) is 64.3 Å². The number of halogens is 1. The van der Waals surface area contributed by atoms with Gasteiger partial charge >= 0.3 is 0 Å². The molecular formula is C17H12ClN3. The Kier molecular flexibility index (Phi) is 2.73. The third kappa shape index (κ3) is 1.91. The Hall–Kier alpha value is -2.31. The lowest BCUT2D eigenvalue weighted by molar-refractivity contribution is 0.537. The van der Waals surface area contributed by atoms with Crippen molar-refractivity contribution in [2.24, 2.45) is 0 Å². The van der Waals surface area contributed by atoms with Gasteiger partial charge in [0.15, 0.2) is 0 Å². The molecule has 0 radical (unpaired) electrons. The predicted octanol–water partition coefficient (Wildman–Crippen LogP) is 4.10. The molecule has 1 heterocycles. The van der Waals surface area contributed by atoms with E-state index in [1.165, 1.54) is 11.1 Å². The topological polar surface area (TPSA) is 41.6 Å². The van der Waals surface area contributed by atoms with Crippen LogP contribution < -0.4 is 0 Å². The summed E-state index contributed by atoms with van der Waals surface area (Å²) in [5, 5.41) is 15.3. The highest BCUT2D eigenvalue weighted by Gasteiger charge is 2.25. The first-order valence-corrected chi connectivity index (χ1v) is 7.30. The largest absolute Gasteiger partial charge is 0.257 e. The number of nitrogens with zero attached hydrogens (tertiary/aromatic N) is 3. The van der Waals surface area contributed by atoms with E-state index in [1.807, 2.05) is 30.5 Å². The third-order valence-electron chi connectivity index (χ3n) is 4.17. The fourth-order valence-corrected chi connectivity index (χ4v) is 3.38. The maximum atomic E-state index is 8.98. The number of benzene rings is 2. The second kappa shape index (κ2) is 4.61. The maximum Gasteiger partial charge on any atom is 0.0991 e. The molecule has 4 heteroatoms. The molecule has 0 aliphatic heterocycles. The van der Waals surface area contributed by atoms with Gasteiger partial charge in [0.1, 0.15) is 0 Å². The molecule has 1 aliphatic carbocycles. The molecule has 0 saturated heterocycles. The van der Waals surface area contributed by atoms with Gasteiger partial charge in [0.25, 0.3) is 0 Å². The first kappa shape index (κ1) is 12.4. The second-order valence-corrected chi connectivity index (χ2v) is 5.81. The molecule has 0 saturated carbocycles. The molecule has 0 unspecified atom stereocenters. The van der Waals surface area contributed by atoms with Crippen LogP contribution in [0, 0.1) is 11.3 Å². The van der Waals surface area contributed by atoms with Gasteiger partial charge in [0, 0.05) is 10.4 Å². The van der Waals surface area contributed by atoms with Gasteiger partial charge in [-0.05, 0) is 54.3 Å². The van der Waals surface area contributed by atoms with Crippen LogP contribution in [-0.2, 0) is 6.42 Å². The minimum Gasteiger partial charge on any atom is -0.257 e. The molecule has 2 aromatic carbocycles. The number of rotatable bonds is 1. The fourth-order valence-electron chi connectivity index (χ4n) is 3.19. The van der Waals surface area contributed by atoms with E-state index < -0.39 is 0 Å². The van der Waals surface area contributed by atoms with E-state index in [4.69, 9.17) is 16.9 Å². The van der Waals surface area contributed by atoms with E-state index in [2.05, 4.69) is 28.0 Å². The summed E-state index contributed by atoms with van der Waals surface area (Å²) in [7, 11) is 0. The summed E-state index contributed by atoms with van der Waals surface area (Å²) in [5.41, 5.74) is 4.35. The monoisotopic (exact) mass is 293 g/mol. The minimum atomic E-state index is 0.253. The lowest BCUT2D eigenvalue weighted by atomic mass is 10.1. The van der Waals surface area contributed by atoms with E-state index in [0.29, 0.717) is 5.56 Å². The van der Waals surface area contributed by atoms with Crippen LogP contribution in [-0.4, -0.2) is 9.78 Å². The van der Waals surface area contributed by atoms with Crippen molar-refractivity contribution < 1.29 is 0 Å². The Morgan fingerprint density at radius 2 is 2.14 bits per heavy atom. The Morgan fingerprint density at radius 1 is 1.24 bits per heavy atom. The number of nitriles is 1. The highest BCUT2D eigenvalue weighted by Crippen LogP contribution is 2.37. The number of hydrogen-bond acceptors (Lipinski definition) is 2. The van der Waals surface area contributed by atoms with Crippen LogP contribution in [0.1, 0.15) is 29.2 Å². The number of aryl methyl sites for hydroxylation is 1. The smallest absolute Gasteiger partial charge is 0.0991 e. The molecule has 0 amide bonds. The SMILES string of the molecule is N#Cc1ccc2c(cnn2[C@H]2CCc3cc(Cl)ccc32)c1. The van der Waals surface area contributed by atoms with Crippen LogP contribution in [0.5, 0.6) is 0 Å². The Morgan fingerprint density at radius 3 is 3.00 bits per heavy atom. The van der Waals surface area contributed by atoms with Crippen LogP contribution in [0.25, 0.3) is 10.9 Å². The summed E-state index contributed by atoms with van der Waals surface area (Å²) in [4.78, 5) is 0. The first-order chi connectivity index (χ1) is 10.3. The van der Waals surface area contributed by atoms with Gasteiger partial charge in [0.05, 0.1) is 29.4 Å². The molecule has 0 N–H and O–H groups in total. The number of fused-ring (bicyclic) bond motifs is 2. The van der Waals surface area contributed by atoms with Crippen molar-refractivity contribution in [1.29, 1.82) is 5.26 Å². The van der Waals surface area contributed by atoms with Crippen LogP contribution >= 0.6 is 11.6 Å². The molecule has 0 spiro atoms. The van der Waals surface area contributed by atoms with Gasteiger partial charge in [-0.1, -0.05) is 17.7 Å². The van der Waals surface area contributed by atoms with Gasteiger partial charge in [-0.25, -0.2) is 0 Å². The normalized spacial score (nSPS) is 16.9. The molecule has 0 fully saturated rings. The summed E-state index contributed by atoms with van der Waals surface area (Å²) in [6.45, 7) is 0. The highest BCUT2D eigenvalue weighted by atomic mass is 35.5. The van der Waals surface area contributed by atoms with Crippen molar-refractivity contribution in [2.75, 3.05) is 0 Å². The molecule has 4 rings (SSSR count). The molecule has 1 atom stereocenters. The van der Waals surface area contributed by atoms with Crippen molar-refractivity contribution in [3.63, 3.8) is 0 Å². The van der Waals surface area contributed by atoms with Gasteiger partial charge in [0.2, 0.25) is 0 Å². The van der Waals surface area contributed by atoms with Crippen LogP contribution in [0.4, 0.5) is 0 Å². The summed E-state index contributed by atoms with van der Waals surface area (Å²) >= 11 is 6.07. The van der Waals surface area contributed by atoms with Gasteiger partial charge in [-0.3, -0.25) is 4.68 Å². The summed E-state index contributed by atoms with van der Waals surface area (Å²) in [6, 6.07) is 14.2.